The topological polar surface area (TPSA) is 61.4 Å². The molecule has 0 saturated heterocycles. The number of hydrogen-bond donors (Lipinski definition) is 0. The van der Waals surface area contributed by atoms with E-state index in [2.05, 4.69) is 45.5 Å². The van der Waals surface area contributed by atoms with Gasteiger partial charge in [0.2, 0.25) is 0 Å². The predicted molar refractivity (Wildman–Crippen MR) is 100 cm³/mol. The largest absolute Gasteiger partial charge is 0.330 e. The summed E-state index contributed by atoms with van der Waals surface area (Å²) in [5.74, 6) is 0. The van der Waals surface area contributed by atoms with E-state index in [4.69, 9.17) is 5.10 Å². The molecule has 0 fully saturated rings. The van der Waals surface area contributed by atoms with E-state index < -0.39 is 0 Å². The number of rotatable bonds is 5. The molecule has 3 heterocycles. The molecule has 0 radical (unpaired) electrons. The summed E-state index contributed by atoms with van der Waals surface area (Å²) in [5, 5.41) is 4.73. The summed E-state index contributed by atoms with van der Waals surface area (Å²) in [5.41, 5.74) is 5.02. The van der Waals surface area contributed by atoms with E-state index in [1.165, 1.54) is 0 Å². The Morgan fingerprint density at radius 1 is 0.962 bits per heavy atom. The van der Waals surface area contributed by atoms with E-state index >= 15 is 0 Å². The molecule has 0 aliphatic rings. The Labute approximate surface area is 152 Å². The van der Waals surface area contributed by atoms with Crippen molar-refractivity contribution in [3.05, 3.63) is 73.3 Å². The Morgan fingerprint density at radius 2 is 1.81 bits per heavy atom. The summed E-state index contributed by atoms with van der Waals surface area (Å²) in [7, 11) is 0. The molecule has 0 saturated carbocycles. The van der Waals surface area contributed by atoms with Crippen LogP contribution in [0.3, 0.4) is 0 Å². The molecule has 1 aromatic carbocycles. The zero-order valence-electron chi connectivity index (χ0n) is 14.8. The highest BCUT2D eigenvalue weighted by molar-refractivity contribution is 5.68. The van der Waals surface area contributed by atoms with Crippen LogP contribution in [0.1, 0.15) is 25.6 Å². The van der Waals surface area contributed by atoms with Crippen molar-refractivity contribution < 1.29 is 0 Å². The van der Waals surface area contributed by atoms with Crippen molar-refractivity contribution in [2.75, 3.05) is 0 Å². The Bertz CT molecular complexity index is 1000. The predicted octanol–water partition coefficient (Wildman–Crippen LogP) is 3.83. The summed E-state index contributed by atoms with van der Waals surface area (Å²) in [6, 6.07) is 10.6. The molecule has 0 N–H and O–H groups in total. The fraction of sp³-hybridized carbons (Fsp3) is 0.200. The molecule has 26 heavy (non-hydrogen) atoms. The summed E-state index contributed by atoms with van der Waals surface area (Å²) in [4.78, 5) is 12.8. The van der Waals surface area contributed by atoms with Crippen LogP contribution in [0.25, 0.3) is 22.5 Å². The maximum Gasteiger partial charge on any atom is 0.0951 e. The lowest BCUT2D eigenvalue weighted by Crippen LogP contribution is -2.09. The van der Waals surface area contributed by atoms with Crippen LogP contribution in [0.15, 0.2) is 67.6 Å². The number of imidazole rings is 1. The molecule has 6 heteroatoms. The average Bonchev–Trinajstić information content (AvgIpc) is 3.33. The van der Waals surface area contributed by atoms with Crippen molar-refractivity contribution in [3.8, 4) is 22.5 Å². The van der Waals surface area contributed by atoms with Gasteiger partial charge in [0, 0.05) is 35.8 Å². The summed E-state index contributed by atoms with van der Waals surface area (Å²) in [6.07, 6.45) is 10.9. The maximum atomic E-state index is 4.73. The minimum Gasteiger partial charge on any atom is -0.330 e. The molecule has 6 nitrogen and oxygen atoms in total. The minimum atomic E-state index is 0.381. The molecule has 0 spiro atoms. The molecule has 4 rings (SSSR count). The van der Waals surface area contributed by atoms with Crippen molar-refractivity contribution in [1.82, 2.24) is 29.3 Å². The molecule has 0 atom stereocenters. The van der Waals surface area contributed by atoms with Gasteiger partial charge in [0.1, 0.15) is 0 Å². The standard InChI is InChI=1S/C20H20N6/c1-15(2)26-14-22-11-18(26)13-25-9-6-19(24-25)16-4-3-5-17(10-16)20-12-21-7-8-23-20/h3-12,14-15H,13H2,1-2H3. The van der Waals surface area contributed by atoms with Crippen LogP contribution in [0, 0.1) is 0 Å². The third kappa shape index (κ3) is 3.26. The SMILES string of the molecule is CC(C)n1cncc1Cn1ccc(-c2cccc(-c3cnccn3)c2)n1. The highest BCUT2D eigenvalue weighted by Gasteiger charge is 2.09. The van der Waals surface area contributed by atoms with Gasteiger partial charge in [0.25, 0.3) is 0 Å². The number of hydrogen-bond acceptors (Lipinski definition) is 4. The molecule has 0 bridgehead atoms. The zero-order chi connectivity index (χ0) is 17.9. The second-order valence-electron chi connectivity index (χ2n) is 6.46. The number of aromatic nitrogens is 6. The van der Waals surface area contributed by atoms with Crippen LogP contribution in [0.5, 0.6) is 0 Å². The van der Waals surface area contributed by atoms with Gasteiger partial charge >= 0.3 is 0 Å². The Balaban J connectivity index is 1.59. The summed E-state index contributed by atoms with van der Waals surface area (Å²) < 4.78 is 4.11. The lowest BCUT2D eigenvalue weighted by molar-refractivity contribution is 0.548. The van der Waals surface area contributed by atoms with E-state index in [0.29, 0.717) is 12.6 Å². The molecule has 0 aliphatic carbocycles. The van der Waals surface area contributed by atoms with Crippen molar-refractivity contribution in [2.24, 2.45) is 0 Å². The first-order valence-corrected chi connectivity index (χ1v) is 8.61. The third-order valence-corrected chi connectivity index (χ3v) is 4.28. The van der Waals surface area contributed by atoms with Gasteiger partial charge in [-0.25, -0.2) is 4.98 Å². The second kappa shape index (κ2) is 6.92. The van der Waals surface area contributed by atoms with Gasteiger partial charge in [-0.3, -0.25) is 14.6 Å². The smallest absolute Gasteiger partial charge is 0.0951 e. The van der Waals surface area contributed by atoms with Crippen molar-refractivity contribution in [3.63, 3.8) is 0 Å². The minimum absolute atomic E-state index is 0.381. The lowest BCUT2D eigenvalue weighted by atomic mass is 10.1. The van der Waals surface area contributed by atoms with Gasteiger partial charge < -0.3 is 4.57 Å². The van der Waals surface area contributed by atoms with Gasteiger partial charge in [0.05, 0.1) is 42.3 Å². The lowest BCUT2D eigenvalue weighted by Gasteiger charge is -2.11. The van der Waals surface area contributed by atoms with Crippen LogP contribution in [0.4, 0.5) is 0 Å². The summed E-state index contributed by atoms with van der Waals surface area (Å²) in [6.45, 7) is 5.00. The Morgan fingerprint density at radius 3 is 2.58 bits per heavy atom. The molecule has 130 valence electrons. The van der Waals surface area contributed by atoms with Crippen molar-refractivity contribution in [1.29, 1.82) is 0 Å². The average molecular weight is 344 g/mol. The van der Waals surface area contributed by atoms with E-state index in [1.54, 1.807) is 18.6 Å². The van der Waals surface area contributed by atoms with Crippen LogP contribution < -0.4 is 0 Å². The van der Waals surface area contributed by atoms with Gasteiger partial charge in [-0.15, -0.1) is 0 Å². The molecular formula is C20H20N6. The van der Waals surface area contributed by atoms with E-state index in [1.807, 2.05) is 41.6 Å². The first kappa shape index (κ1) is 16.2. The van der Waals surface area contributed by atoms with Crippen molar-refractivity contribution in [2.45, 2.75) is 26.4 Å². The summed E-state index contributed by atoms with van der Waals surface area (Å²) >= 11 is 0. The van der Waals surface area contributed by atoms with Crippen molar-refractivity contribution >= 4 is 0 Å². The van der Waals surface area contributed by atoms with Crippen LogP contribution >= 0.6 is 0 Å². The van der Waals surface area contributed by atoms with Crippen LogP contribution in [0.2, 0.25) is 0 Å². The molecule has 4 aromatic rings. The van der Waals surface area contributed by atoms with E-state index in [-0.39, 0.29) is 0 Å². The fourth-order valence-electron chi connectivity index (χ4n) is 2.98. The normalized spacial score (nSPS) is 11.2. The number of benzene rings is 1. The third-order valence-electron chi connectivity index (χ3n) is 4.28. The van der Waals surface area contributed by atoms with Crippen LogP contribution in [-0.4, -0.2) is 29.3 Å². The van der Waals surface area contributed by atoms with Gasteiger partial charge in [-0.1, -0.05) is 18.2 Å². The van der Waals surface area contributed by atoms with Gasteiger partial charge in [-0.2, -0.15) is 5.10 Å². The highest BCUT2D eigenvalue weighted by atomic mass is 15.3. The zero-order valence-corrected chi connectivity index (χ0v) is 14.8. The number of nitrogens with zero attached hydrogens (tertiary/aromatic N) is 6. The first-order valence-electron chi connectivity index (χ1n) is 8.61. The van der Waals surface area contributed by atoms with Gasteiger partial charge in [0.15, 0.2) is 0 Å². The van der Waals surface area contributed by atoms with E-state index in [0.717, 1.165) is 28.2 Å². The quantitative estimate of drug-likeness (QED) is 0.552. The van der Waals surface area contributed by atoms with Crippen LogP contribution in [-0.2, 0) is 6.54 Å². The molecule has 0 unspecified atom stereocenters. The Kier molecular flexibility index (Phi) is 4.31. The fourth-order valence-corrected chi connectivity index (χ4v) is 2.98. The molecule has 3 aromatic heterocycles. The second-order valence-corrected chi connectivity index (χ2v) is 6.46. The maximum absolute atomic E-state index is 4.73. The monoisotopic (exact) mass is 344 g/mol. The van der Waals surface area contributed by atoms with Gasteiger partial charge in [-0.05, 0) is 26.0 Å². The molecular weight excluding hydrogens is 324 g/mol. The molecule has 0 amide bonds. The van der Waals surface area contributed by atoms with E-state index in [9.17, 15) is 0 Å². The highest BCUT2D eigenvalue weighted by Crippen LogP contribution is 2.24. The first-order chi connectivity index (χ1) is 12.7. The Hall–Kier alpha value is -3.28. The molecule has 0 aliphatic heterocycles.